The van der Waals surface area contributed by atoms with Gasteiger partial charge in [0.05, 0.1) is 6.10 Å². The molecule has 0 saturated carbocycles. The van der Waals surface area contributed by atoms with E-state index in [1.54, 1.807) is 0 Å². The lowest BCUT2D eigenvalue weighted by molar-refractivity contribution is 0.118. The Balaban J connectivity index is 2.05. The lowest BCUT2D eigenvalue weighted by Crippen LogP contribution is -2.30. The molecule has 20 heavy (non-hydrogen) atoms. The van der Waals surface area contributed by atoms with E-state index in [2.05, 4.69) is 60.4 Å². The molecule has 0 heterocycles. The Hall–Kier alpha value is -1.64. The minimum Gasteiger partial charge on any atom is -0.392 e. The summed E-state index contributed by atoms with van der Waals surface area (Å²) in [5.41, 5.74) is 3.84. The van der Waals surface area contributed by atoms with Crippen LogP contribution in [0.25, 0.3) is 0 Å². The van der Waals surface area contributed by atoms with Gasteiger partial charge in [-0.1, -0.05) is 60.2 Å². The van der Waals surface area contributed by atoms with Crippen LogP contribution in [0, 0.1) is 6.92 Å². The Morgan fingerprint density at radius 3 is 2.00 bits per heavy atom. The Morgan fingerprint density at radius 2 is 1.45 bits per heavy atom. The lowest BCUT2D eigenvalue weighted by atomic mass is 10.1. The number of aliphatic hydroxyl groups is 1. The van der Waals surface area contributed by atoms with E-state index in [-0.39, 0.29) is 6.10 Å². The second-order valence-electron chi connectivity index (χ2n) is 5.49. The van der Waals surface area contributed by atoms with E-state index in [4.69, 9.17) is 0 Å². The highest BCUT2D eigenvalue weighted by atomic mass is 16.3. The molecule has 0 saturated heterocycles. The third-order valence-electron chi connectivity index (χ3n) is 3.30. The molecule has 0 amide bonds. The predicted octanol–water partition coefficient (Wildman–Crippen LogP) is 3.38. The van der Waals surface area contributed by atoms with Crippen LogP contribution < -0.4 is 0 Å². The van der Waals surface area contributed by atoms with Crippen molar-refractivity contribution in [3.8, 4) is 0 Å². The number of benzene rings is 2. The normalized spacial score (nSPS) is 12.6. The van der Waals surface area contributed by atoms with E-state index in [1.807, 2.05) is 13.0 Å². The van der Waals surface area contributed by atoms with Gasteiger partial charge in [-0.3, -0.25) is 4.90 Å². The van der Waals surface area contributed by atoms with Crippen molar-refractivity contribution in [2.45, 2.75) is 33.0 Å². The molecule has 2 rings (SSSR count). The molecule has 0 radical (unpaired) electrons. The van der Waals surface area contributed by atoms with Crippen LogP contribution in [0.2, 0.25) is 0 Å². The first kappa shape index (κ1) is 14.8. The summed E-state index contributed by atoms with van der Waals surface area (Å²) in [7, 11) is 0. The van der Waals surface area contributed by atoms with E-state index in [0.29, 0.717) is 6.54 Å². The smallest absolute Gasteiger partial charge is 0.0639 e. The third-order valence-corrected chi connectivity index (χ3v) is 3.30. The standard InChI is InChI=1S/C18H23NO/c1-15-8-10-18(11-9-15)14-19(12-16(2)20)13-17-6-4-3-5-7-17/h3-11,16,20H,12-14H2,1-2H3/t16-/m1/s1. The maximum Gasteiger partial charge on any atom is 0.0639 e. The lowest BCUT2D eigenvalue weighted by Gasteiger charge is -2.24. The average Bonchev–Trinajstić information content (AvgIpc) is 2.42. The van der Waals surface area contributed by atoms with Crippen molar-refractivity contribution in [1.29, 1.82) is 0 Å². The topological polar surface area (TPSA) is 23.5 Å². The van der Waals surface area contributed by atoms with Crippen LogP contribution >= 0.6 is 0 Å². The maximum atomic E-state index is 9.68. The van der Waals surface area contributed by atoms with E-state index in [9.17, 15) is 5.11 Å². The number of hydrogen-bond acceptors (Lipinski definition) is 2. The minimum absolute atomic E-state index is 0.316. The van der Waals surface area contributed by atoms with Crippen LogP contribution in [-0.2, 0) is 13.1 Å². The zero-order chi connectivity index (χ0) is 14.4. The molecule has 2 aromatic carbocycles. The van der Waals surface area contributed by atoms with Crippen LogP contribution in [0.1, 0.15) is 23.6 Å². The van der Waals surface area contributed by atoms with Crippen LogP contribution in [0.4, 0.5) is 0 Å². The average molecular weight is 269 g/mol. The van der Waals surface area contributed by atoms with Gasteiger partial charge >= 0.3 is 0 Å². The van der Waals surface area contributed by atoms with Gasteiger partial charge in [-0.2, -0.15) is 0 Å². The molecular weight excluding hydrogens is 246 g/mol. The van der Waals surface area contributed by atoms with E-state index >= 15 is 0 Å². The number of hydrogen-bond donors (Lipinski definition) is 1. The predicted molar refractivity (Wildman–Crippen MR) is 83.4 cm³/mol. The quantitative estimate of drug-likeness (QED) is 0.869. The van der Waals surface area contributed by atoms with Gasteiger partial charge in [-0.15, -0.1) is 0 Å². The van der Waals surface area contributed by atoms with Crippen LogP contribution in [0.15, 0.2) is 54.6 Å². The van der Waals surface area contributed by atoms with Gasteiger partial charge in [0.25, 0.3) is 0 Å². The number of aryl methyl sites for hydroxylation is 1. The molecule has 1 atom stereocenters. The van der Waals surface area contributed by atoms with Gasteiger partial charge in [0.1, 0.15) is 0 Å². The van der Waals surface area contributed by atoms with Gasteiger partial charge in [-0.25, -0.2) is 0 Å². The summed E-state index contributed by atoms with van der Waals surface area (Å²) < 4.78 is 0. The van der Waals surface area contributed by atoms with Crippen molar-refractivity contribution < 1.29 is 5.11 Å². The molecule has 0 spiro atoms. The van der Waals surface area contributed by atoms with Crippen LogP contribution in [0.5, 0.6) is 0 Å². The van der Waals surface area contributed by atoms with Gasteiger partial charge in [0.2, 0.25) is 0 Å². The molecule has 1 N–H and O–H groups in total. The highest BCUT2D eigenvalue weighted by Crippen LogP contribution is 2.11. The van der Waals surface area contributed by atoms with Gasteiger partial charge in [-0.05, 0) is 25.0 Å². The van der Waals surface area contributed by atoms with Gasteiger partial charge < -0.3 is 5.11 Å². The highest BCUT2D eigenvalue weighted by Gasteiger charge is 2.09. The second-order valence-corrected chi connectivity index (χ2v) is 5.49. The first-order chi connectivity index (χ1) is 9.63. The molecule has 0 aliphatic heterocycles. The van der Waals surface area contributed by atoms with Crippen molar-refractivity contribution in [2.75, 3.05) is 6.54 Å². The number of rotatable bonds is 6. The molecular formula is C18H23NO. The Morgan fingerprint density at radius 1 is 0.900 bits per heavy atom. The molecule has 106 valence electrons. The zero-order valence-corrected chi connectivity index (χ0v) is 12.3. The zero-order valence-electron chi connectivity index (χ0n) is 12.3. The molecule has 2 heteroatoms. The fraction of sp³-hybridized carbons (Fsp3) is 0.333. The van der Waals surface area contributed by atoms with Crippen LogP contribution in [-0.4, -0.2) is 22.7 Å². The van der Waals surface area contributed by atoms with E-state index in [1.165, 1.54) is 16.7 Å². The Kier molecular flexibility index (Phi) is 5.33. The monoisotopic (exact) mass is 269 g/mol. The SMILES string of the molecule is Cc1ccc(CN(Cc2ccccc2)C[C@@H](C)O)cc1. The first-order valence-corrected chi connectivity index (χ1v) is 7.13. The fourth-order valence-corrected chi connectivity index (χ4v) is 2.35. The van der Waals surface area contributed by atoms with Crippen molar-refractivity contribution in [3.63, 3.8) is 0 Å². The Bertz CT molecular complexity index is 505. The molecule has 0 unspecified atom stereocenters. The molecule has 0 bridgehead atoms. The summed E-state index contributed by atoms with van der Waals surface area (Å²) in [5.74, 6) is 0. The number of nitrogens with zero attached hydrogens (tertiary/aromatic N) is 1. The third kappa shape index (κ3) is 4.80. The van der Waals surface area contributed by atoms with Gasteiger partial charge in [0, 0.05) is 19.6 Å². The maximum absolute atomic E-state index is 9.68. The highest BCUT2D eigenvalue weighted by molar-refractivity contribution is 5.21. The summed E-state index contributed by atoms with van der Waals surface area (Å²) in [5, 5.41) is 9.68. The minimum atomic E-state index is -0.316. The van der Waals surface area contributed by atoms with Crippen LogP contribution in [0.3, 0.4) is 0 Å². The summed E-state index contributed by atoms with van der Waals surface area (Å²) >= 11 is 0. The largest absolute Gasteiger partial charge is 0.392 e. The van der Waals surface area contributed by atoms with Crippen molar-refractivity contribution in [3.05, 3.63) is 71.3 Å². The van der Waals surface area contributed by atoms with Crippen molar-refractivity contribution in [2.24, 2.45) is 0 Å². The summed E-state index contributed by atoms with van der Waals surface area (Å²) in [6.45, 7) is 6.34. The summed E-state index contributed by atoms with van der Waals surface area (Å²) in [4.78, 5) is 2.28. The molecule has 0 fully saturated rings. The van der Waals surface area contributed by atoms with E-state index < -0.39 is 0 Å². The Labute approximate surface area is 121 Å². The number of aliphatic hydroxyl groups excluding tert-OH is 1. The second kappa shape index (κ2) is 7.22. The van der Waals surface area contributed by atoms with Gasteiger partial charge in [0.15, 0.2) is 0 Å². The van der Waals surface area contributed by atoms with Crippen molar-refractivity contribution >= 4 is 0 Å². The first-order valence-electron chi connectivity index (χ1n) is 7.13. The molecule has 0 aromatic heterocycles. The molecule has 2 aromatic rings. The molecule has 2 nitrogen and oxygen atoms in total. The fourth-order valence-electron chi connectivity index (χ4n) is 2.35. The summed E-state index contributed by atoms with van der Waals surface area (Å²) in [6, 6.07) is 19.0. The summed E-state index contributed by atoms with van der Waals surface area (Å²) in [6.07, 6.45) is -0.316. The van der Waals surface area contributed by atoms with E-state index in [0.717, 1.165) is 13.1 Å². The molecule has 0 aliphatic rings. The van der Waals surface area contributed by atoms with Crippen molar-refractivity contribution in [1.82, 2.24) is 4.90 Å². The molecule has 0 aliphatic carbocycles.